The molecule has 0 saturated heterocycles. The maximum absolute atomic E-state index is 12.3. The predicted octanol–water partition coefficient (Wildman–Crippen LogP) is 2.09. The lowest BCUT2D eigenvalue weighted by molar-refractivity contribution is 0.0996. The molecule has 0 aromatic heterocycles. The van der Waals surface area contributed by atoms with Crippen LogP contribution in [-0.4, -0.2) is 26.5 Å². The third kappa shape index (κ3) is 4.08. The molecule has 6 nitrogen and oxygen atoms in total. The maximum Gasteiger partial charge on any atom is 0.257 e. The average Bonchev–Trinajstić information content (AvgIpc) is 2.46. The van der Waals surface area contributed by atoms with Crippen molar-refractivity contribution >= 4 is 38.9 Å². The number of benzene rings is 2. The third-order valence-electron chi connectivity index (χ3n) is 3.02. The first-order chi connectivity index (χ1) is 10.7. The van der Waals surface area contributed by atoms with Crippen LogP contribution in [0.1, 0.15) is 20.7 Å². The van der Waals surface area contributed by atoms with Crippen LogP contribution in [0.2, 0.25) is 5.02 Å². The molecule has 2 amide bonds. The van der Waals surface area contributed by atoms with Gasteiger partial charge in [-0.25, -0.2) is 8.42 Å². The van der Waals surface area contributed by atoms with Crippen molar-refractivity contribution in [1.82, 2.24) is 0 Å². The summed E-state index contributed by atoms with van der Waals surface area (Å²) in [6.45, 7) is 0. The molecule has 3 N–H and O–H groups in total. The highest BCUT2D eigenvalue weighted by atomic mass is 35.5. The summed E-state index contributed by atoms with van der Waals surface area (Å²) < 4.78 is 23.1. The second kappa shape index (κ2) is 6.39. The van der Waals surface area contributed by atoms with Crippen molar-refractivity contribution in [3.8, 4) is 0 Å². The van der Waals surface area contributed by atoms with Gasteiger partial charge in [-0.3, -0.25) is 9.59 Å². The number of primary amides is 1. The Bertz CT molecular complexity index is 894. The highest BCUT2D eigenvalue weighted by molar-refractivity contribution is 7.90. The van der Waals surface area contributed by atoms with Gasteiger partial charge >= 0.3 is 0 Å². The Hall–Kier alpha value is -2.38. The van der Waals surface area contributed by atoms with Gasteiger partial charge in [0.05, 0.1) is 15.5 Å². The molecule has 0 saturated carbocycles. The SMILES string of the molecule is CS(=O)(=O)c1ccc(Cl)c(C(=O)Nc2cccc(C(N)=O)c2)c1. The molecule has 2 aromatic carbocycles. The van der Waals surface area contributed by atoms with E-state index in [0.717, 1.165) is 6.26 Å². The Labute approximate surface area is 138 Å². The Morgan fingerprint density at radius 1 is 1.13 bits per heavy atom. The average molecular weight is 353 g/mol. The number of hydrogen-bond acceptors (Lipinski definition) is 4. The summed E-state index contributed by atoms with van der Waals surface area (Å²) >= 11 is 5.96. The van der Waals surface area contributed by atoms with Crippen LogP contribution < -0.4 is 11.1 Å². The van der Waals surface area contributed by atoms with E-state index in [1.807, 2.05) is 0 Å². The van der Waals surface area contributed by atoms with Crippen molar-refractivity contribution in [3.05, 3.63) is 58.6 Å². The number of rotatable bonds is 4. The molecule has 0 spiro atoms. The van der Waals surface area contributed by atoms with Gasteiger partial charge in [-0.05, 0) is 36.4 Å². The van der Waals surface area contributed by atoms with Crippen LogP contribution in [0.25, 0.3) is 0 Å². The molecule has 120 valence electrons. The van der Waals surface area contributed by atoms with Gasteiger partial charge in [0, 0.05) is 17.5 Å². The lowest BCUT2D eigenvalue weighted by Crippen LogP contribution is -2.15. The topological polar surface area (TPSA) is 106 Å². The van der Waals surface area contributed by atoms with E-state index in [1.54, 1.807) is 12.1 Å². The first-order valence-corrected chi connectivity index (χ1v) is 8.66. The smallest absolute Gasteiger partial charge is 0.257 e. The monoisotopic (exact) mass is 352 g/mol. The van der Waals surface area contributed by atoms with Gasteiger partial charge in [0.2, 0.25) is 5.91 Å². The number of nitrogens with two attached hydrogens (primary N) is 1. The zero-order valence-electron chi connectivity index (χ0n) is 12.0. The van der Waals surface area contributed by atoms with E-state index in [1.165, 1.54) is 30.3 Å². The summed E-state index contributed by atoms with van der Waals surface area (Å²) in [6, 6.07) is 9.91. The van der Waals surface area contributed by atoms with Crippen LogP contribution in [0.15, 0.2) is 47.4 Å². The summed E-state index contributed by atoms with van der Waals surface area (Å²) in [7, 11) is -3.47. The summed E-state index contributed by atoms with van der Waals surface area (Å²) in [5, 5.41) is 2.66. The van der Waals surface area contributed by atoms with Crippen molar-refractivity contribution in [1.29, 1.82) is 0 Å². The number of sulfone groups is 1. The zero-order valence-corrected chi connectivity index (χ0v) is 13.6. The summed E-state index contributed by atoms with van der Waals surface area (Å²) in [4.78, 5) is 23.4. The first-order valence-electron chi connectivity index (χ1n) is 6.39. The minimum Gasteiger partial charge on any atom is -0.366 e. The third-order valence-corrected chi connectivity index (χ3v) is 4.46. The lowest BCUT2D eigenvalue weighted by atomic mass is 10.1. The van der Waals surface area contributed by atoms with Crippen molar-refractivity contribution in [2.24, 2.45) is 5.73 Å². The molecule has 0 unspecified atom stereocenters. The Morgan fingerprint density at radius 2 is 1.83 bits per heavy atom. The largest absolute Gasteiger partial charge is 0.366 e. The number of carbonyl (C=O) groups is 2. The van der Waals surface area contributed by atoms with Gasteiger partial charge in [0.25, 0.3) is 5.91 Å². The number of hydrogen-bond donors (Lipinski definition) is 2. The van der Waals surface area contributed by atoms with E-state index in [-0.39, 0.29) is 21.0 Å². The van der Waals surface area contributed by atoms with E-state index in [4.69, 9.17) is 17.3 Å². The molecule has 0 aliphatic rings. The molecule has 2 rings (SSSR count). The highest BCUT2D eigenvalue weighted by Crippen LogP contribution is 2.22. The van der Waals surface area contributed by atoms with E-state index < -0.39 is 21.7 Å². The van der Waals surface area contributed by atoms with E-state index >= 15 is 0 Å². The van der Waals surface area contributed by atoms with Gasteiger partial charge in [0.1, 0.15) is 0 Å². The van der Waals surface area contributed by atoms with Gasteiger partial charge < -0.3 is 11.1 Å². The van der Waals surface area contributed by atoms with Gasteiger partial charge in [-0.15, -0.1) is 0 Å². The first kappa shape index (κ1) is 17.0. The van der Waals surface area contributed by atoms with Crippen LogP contribution in [0, 0.1) is 0 Å². The van der Waals surface area contributed by atoms with E-state index in [2.05, 4.69) is 5.32 Å². The lowest BCUT2D eigenvalue weighted by Gasteiger charge is -2.09. The standard InChI is InChI=1S/C15H13ClN2O4S/c1-23(21,22)11-5-6-13(16)12(8-11)15(20)18-10-4-2-3-9(7-10)14(17)19/h2-8H,1H3,(H2,17,19)(H,18,20). The minimum absolute atomic E-state index is 0.0130. The fraction of sp³-hybridized carbons (Fsp3) is 0.0667. The highest BCUT2D eigenvalue weighted by Gasteiger charge is 2.16. The Balaban J connectivity index is 2.34. The van der Waals surface area contributed by atoms with E-state index in [9.17, 15) is 18.0 Å². The molecule has 0 radical (unpaired) electrons. The molecule has 0 bridgehead atoms. The number of halogens is 1. The van der Waals surface area contributed by atoms with Crippen LogP contribution in [0.4, 0.5) is 5.69 Å². The molecule has 0 aliphatic carbocycles. The van der Waals surface area contributed by atoms with Crippen molar-refractivity contribution < 1.29 is 18.0 Å². The minimum atomic E-state index is -3.47. The second-order valence-corrected chi connectivity index (χ2v) is 7.24. The van der Waals surface area contributed by atoms with Crippen LogP contribution >= 0.6 is 11.6 Å². The molecule has 0 aliphatic heterocycles. The van der Waals surface area contributed by atoms with Crippen LogP contribution in [0.3, 0.4) is 0 Å². The summed E-state index contributed by atoms with van der Waals surface area (Å²) in [5.41, 5.74) is 5.76. The number of carbonyl (C=O) groups excluding carboxylic acids is 2. The molecule has 8 heteroatoms. The summed E-state index contributed by atoms with van der Waals surface area (Å²) in [6.07, 6.45) is 1.04. The van der Waals surface area contributed by atoms with Gasteiger partial charge in [-0.2, -0.15) is 0 Å². The molecule has 0 heterocycles. The zero-order chi connectivity index (χ0) is 17.2. The fourth-order valence-corrected chi connectivity index (χ4v) is 2.71. The molecular weight excluding hydrogens is 340 g/mol. The fourth-order valence-electron chi connectivity index (χ4n) is 1.86. The molecule has 0 fully saturated rings. The van der Waals surface area contributed by atoms with Gasteiger partial charge in [-0.1, -0.05) is 17.7 Å². The number of amides is 2. The quantitative estimate of drug-likeness (QED) is 0.878. The van der Waals surface area contributed by atoms with E-state index in [0.29, 0.717) is 5.69 Å². The normalized spacial score (nSPS) is 11.0. The molecular formula is C15H13ClN2O4S. The maximum atomic E-state index is 12.3. The summed E-state index contributed by atoms with van der Waals surface area (Å²) in [5.74, 6) is -1.22. The van der Waals surface area contributed by atoms with Crippen molar-refractivity contribution in [2.75, 3.05) is 11.6 Å². The molecule has 0 atom stereocenters. The molecule has 23 heavy (non-hydrogen) atoms. The Kier molecular flexibility index (Phi) is 4.72. The number of anilines is 1. The van der Waals surface area contributed by atoms with Gasteiger partial charge in [0.15, 0.2) is 9.84 Å². The second-order valence-electron chi connectivity index (χ2n) is 4.81. The van der Waals surface area contributed by atoms with Crippen molar-refractivity contribution in [3.63, 3.8) is 0 Å². The van der Waals surface area contributed by atoms with Crippen LogP contribution in [0.5, 0.6) is 0 Å². The van der Waals surface area contributed by atoms with Crippen LogP contribution in [-0.2, 0) is 9.84 Å². The predicted molar refractivity (Wildman–Crippen MR) is 87.5 cm³/mol. The number of nitrogens with one attached hydrogen (secondary N) is 1. The molecule has 2 aromatic rings. The Morgan fingerprint density at radius 3 is 2.43 bits per heavy atom. The van der Waals surface area contributed by atoms with Crippen molar-refractivity contribution in [2.45, 2.75) is 4.90 Å².